The number of anilines is 3. The van der Waals surface area contributed by atoms with E-state index in [1.54, 1.807) is 4.90 Å². The lowest BCUT2D eigenvalue weighted by atomic mass is 10.0. The highest BCUT2D eigenvalue weighted by atomic mass is 16.3. The van der Waals surface area contributed by atoms with E-state index in [2.05, 4.69) is 5.32 Å². The molecule has 0 fully saturated rings. The van der Waals surface area contributed by atoms with Crippen LogP contribution in [0, 0.1) is 0 Å². The molecule has 2 N–H and O–H groups in total. The van der Waals surface area contributed by atoms with E-state index in [1.165, 1.54) is 0 Å². The average Bonchev–Trinajstić information content (AvgIpc) is 2.74. The predicted octanol–water partition coefficient (Wildman–Crippen LogP) is 3.89. The molecule has 0 saturated carbocycles. The van der Waals surface area contributed by atoms with Gasteiger partial charge in [0.2, 0.25) is 0 Å². The van der Waals surface area contributed by atoms with Crippen molar-refractivity contribution in [1.29, 1.82) is 0 Å². The molecule has 5 heteroatoms. The second-order valence-corrected chi connectivity index (χ2v) is 6.84. The molecule has 1 aliphatic rings. The summed E-state index contributed by atoms with van der Waals surface area (Å²) in [6.45, 7) is 0.679. The van der Waals surface area contributed by atoms with Crippen LogP contribution in [0.1, 0.15) is 22.1 Å². The molecule has 0 aliphatic carbocycles. The summed E-state index contributed by atoms with van der Waals surface area (Å²) in [5, 5.41) is 12.7. The van der Waals surface area contributed by atoms with Gasteiger partial charge in [-0.05, 0) is 42.0 Å². The zero-order chi connectivity index (χ0) is 19.5. The summed E-state index contributed by atoms with van der Waals surface area (Å²) in [5.41, 5.74) is 4.37. The molecule has 3 aromatic rings. The van der Waals surface area contributed by atoms with Gasteiger partial charge in [0.05, 0.1) is 12.2 Å². The third-order valence-corrected chi connectivity index (χ3v) is 5.05. The molecule has 142 valence electrons. The van der Waals surface area contributed by atoms with Crippen molar-refractivity contribution < 1.29 is 9.90 Å². The number of carbonyl (C=O) groups excluding carboxylic acids is 1. The lowest BCUT2D eigenvalue weighted by Crippen LogP contribution is -2.43. The second-order valence-electron chi connectivity index (χ2n) is 6.84. The molecule has 1 aliphatic heterocycles. The van der Waals surface area contributed by atoms with Crippen LogP contribution in [-0.4, -0.2) is 31.2 Å². The Balaban J connectivity index is 1.74. The van der Waals surface area contributed by atoms with Crippen LogP contribution in [0.4, 0.5) is 17.1 Å². The van der Waals surface area contributed by atoms with Crippen molar-refractivity contribution in [2.45, 2.75) is 6.17 Å². The number of likely N-dealkylation sites (N-methyl/N-ethyl adjacent to an activating group) is 1. The number of hydrogen-bond acceptors (Lipinski definition) is 4. The molecule has 1 atom stereocenters. The van der Waals surface area contributed by atoms with Gasteiger partial charge in [-0.1, -0.05) is 42.5 Å². The summed E-state index contributed by atoms with van der Waals surface area (Å²) in [6, 6.07) is 25.4. The number of fused-ring (bicyclic) bond motifs is 1. The second kappa shape index (κ2) is 7.74. The van der Waals surface area contributed by atoms with Gasteiger partial charge in [-0.15, -0.1) is 0 Å². The number of nitrogens with zero attached hydrogens (tertiary/aromatic N) is 2. The van der Waals surface area contributed by atoms with Crippen LogP contribution in [-0.2, 0) is 0 Å². The Bertz CT molecular complexity index is 957. The third kappa shape index (κ3) is 3.32. The summed E-state index contributed by atoms with van der Waals surface area (Å²) in [5.74, 6) is -0.0213. The average molecular weight is 373 g/mol. The smallest absolute Gasteiger partial charge is 0.262 e. The summed E-state index contributed by atoms with van der Waals surface area (Å²) >= 11 is 0. The Morgan fingerprint density at radius 3 is 2.36 bits per heavy atom. The number of benzene rings is 3. The minimum absolute atomic E-state index is 0.0213. The summed E-state index contributed by atoms with van der Waals surface area (Å²) < 4.78 is 0. The fourth-order valence-electron chi connectivity index (χ4n) is 3.53. The van der Waals surface area contributed by atoms with E-state index in [4.69, 9.17) is 5.11 Å². The Morgan fingerprint density at radius 2 is 1.64 bits per heavy atom. The Kier molecular flexibility index (Phi) is 5.00. The van der Waals surface area contributed by atoms with Gasteiger partial charge in [0.15, 0.2) is 0 Å². The number of amides is 1. The predicted molar refractivity (Wildman–Crippen MR) is 113 cm³/mol. The van der Waals surface area contributed by atoms with Gasteiger partial charge >= 0.3 is 0 Å². The highest BCUT2D eigenvalue weighted by Gasteiger charge is 2.33. The molecule has 28 heavy (non-hydrogen) atoms. The van der Waals surface area contributed by atoms with E-state index in [1.807, 2.05) is 90.8 Å². The molecule has 4 rings (SSSR count). The molecular formula is C23H23N3O2. The van der Waals surface area contributed by atoms with Crippen molar-refractivity contribution in [3.8, 4) is 0 Å². The molecule has 0 radical (unpaired) electrons. The summed E-state index contributed by atoms with van der Waals surface area (Å²) in [7, 11) is 1.94. The van der Waals surface area contributed by atoms with Gasteiger partial charge < -0.3 is 15.3 Å². The van der Waals surface area contributed by atoms with Gasteiger partial charge in [-0.3, -0.25) is 9.69 Å². The van der Waals surface area contributed by atoms with Crippen LogP contribution in [0.25, 0.3) is 0 Å². The third-order valence-electron chi connectivity index (χ3n) is 5.05. The van der Waals surface area contributed by atoms with Gasteiger partial charge in [0, 0.05) is 30.7 Å². The molecule has 1 heterocycles. The van der Waals surface area contributed by atoms with Gasteiger partial charge in [-0.2, -0.15) is 0 Å². The van der Waals surface area contributed by atoms with Crippen LogP contribution in [0.5, 0.6) is 0 Å². The Morgan fingerprint density at radius 1 is 0.964 bits per heavy atom. The summed E-state index contributed by atoms with van der Waals surface area (Å²) in [6.07, 6.45) is -0.304. The maximum Gasteiger partial charge on any atom is 0.262 e. The van der Waals surface area contributed by atoms with Gasteiger partial charge in [0.1, 0.15) is 6.17 Å². The van der Waals surface area contributed by atoms with Crippen molar-refractivity contribution in [1.82, 2.24) is 0 Å². The molecule has 0 unspecified atom stereocenters. The maximum atomic E-state index is 13.3. The Hall–Kier alpha value is -3.31. The normalized spacial score (nSPS) is 15.7. The molecule has 0 spiro atoms. The van der Waals surface area contributed by atoms with Crippen LogP contribution < -0.4 is 15.1 Å². The van der Waals surface area contributed by atoms with Crippen LogP contribution in [0.2, 0.25) is 0 Å². The van der Waals surface area contributed by atoms with E-state index in [9.17, 15) is 4.79 Å². The topological polar surface area (TPSA) is 55.8 Å². The SMILES string of the molecule is CN(CCO)c1ccc([C@H]2Nc3ccccc3C(=O)N2c2ccccc2)cc1. The molecule has 0 bridgehead atoms. The standard InChI is InChI=1S/C23H23N3O2/c1-25(15-16-27)18-13-11-17(12-14-18)22-24-21-10-6-5-9-20(21)23(28)26(22)19-7-3-2-4-8-19/h2-14,22,24,27H,15-16H2,1H3/t22-/m0/s1. The van der Waals surface area contributed by atoms with E-state index >= 15 is 0 Å². The van der Waals surface area contributed by atoms with E-state index in [0.717, 1.165) is 22.6 Å². The maximum absolute atomic E-state index is 13.3. The first kappa shape index (κ1) is 18.1. The Labute approximate surface area is 164 Å². The van der Waals surface area contributed by atoms with Crippen molar-refractivity contribution in [2.24, 2.45) is 0 Å². The zero-order valence-corrected chi connectivity index (χ0v) is 15.7. The van der Waals surface area contributed by atoms with Crippen molar-refractivity contribution >= 4 is 23.0 Å². The highest BCUT2D eigenvalue weighted by molar-refractivity contribution is 6.12. The first-order valence-electron chi connectivity index (χ1n) is 9.35. The minimum atomic E-state index is -0.304. The van der Waals surface area contributed by atoms with Gasteiger partial charge in [0.25, 0.3) is 5.91 Å². The van der Waals surface area contributed by atoms with E-state index in [0.29, 0.717) is 12.1 Å². The number of hydrogen-bond donors (Lipinski definition) is 2. The van der Waals surface area contributed by atoms with Crippen molar-refractivity contribution in [2.75, 3.05) is 35.3 Å². The number of carbonyl (C=O) groups is 1. The molecule has 5 nitrogen and oxygen atoms in total. The van der Waals surface area contributed by atoms with E-state index < -0.39 is 0 Å². The van der Waals surface area contributed by atoms with Gasteiger partial charge in [-0.25, -0.2) is 0 Å². The van der Waals surface area contributed by atoms with Crippen molar-refractivity contribution in [3.05, 3.63) is 90.0 Å². The molecule has 1 amide bonds. The number of para-hydroxylation sites is 2. The monoisotopic (exact) mass is 373 g/mol. The zero-order valence-electron chi connectivity index (χ0n) is 15.7. The van der Waals surface area contributed by atoms with Crippen LogP contribution in [0.3, 0.4) is 0 Å². The molecule has 0 aromatic heterocycles. The molecular weight excluding hydrogens is 350 g/mol. The largest absolute Gasteiger partial charge is 0.395 e. The minimum Gasteiger partial charge on any atom is -0.395 e. The lowest BCUT2D eigenvalue weighted by molar-refractivity contribution is 0.0975. The van der Waals surface area contributed by atoms with Crippen molar-refractivity contribution in [3.63, 3.8) is 0 Å². The lowest BCUT2D eigenvalue weighted by Gasteiger charge is -2.38. The highest BCUT2D eigenvalue weighted by Crippen LogP contribution is 2.36. The molecule has 3 aromatic carbocycles. The number of nitrogens with one attached hydrogen (secondary N) is 1. The quantitative estimate of drug-likeness (QED) is 0.713. The first-order valence-corrected chi connectivity index (χ1v) is 9.35. The number of aliphatic hydroxyl groups excluding tert-OH is 1. The number of rotatable bonds is 5. The first-order chi connectivity index (χ1) is 13.7. The fraction of sp³-hybridized carbons (Fsp3) is 0.174. The van der Waals surface area contributed by atoms with Crippen LogP contribution >= 0.6 is 0 Å². The molecule has 0 saturated heterocycles. The summed E-state index contributed by atoms with van der Waals surface area (Å²) in [4.78, 5) is 17.1. The fourth-order valence-corrected chi connectivity index (χ4v) is 3.53. The van der Waals surface area contributed by atoms with Crippen LogP contribution in [0.15, 0.2) is 78.9 Å². The number of aliphatic hydroxyl groups is 1. The van der Waals surface area contributed by atoms with E-state index in [-0.39, 0.29) is 18.7 Å².